The van der Waals surface area contributed by atoms with E-state index in [1.165, 1.54) is 12.1 Å². The minimum absolute atomic E-state index is 0.243. The van der Waals surface area contributed by atoms with Crippen molar-refractivity contribution in [2.45, 2.75) is 25.4 Å². The summed E-state index contributed by atoms with van der Waals surface area (Å²) in [7, 11) is 0. The molecule has 0 heterocycles. The molecule has 1 atom stereocenters. The SMILES string of the molecule is CC(N)(Cc1ccc(NCc2ccc(F)cc2)cc1)C(N)=O. The molecule has 2 aromatic rings. The maximum absolute atomic E-state index is 12.8. The van der Waals surface area contributed by atoms with E-state index in [9.17, 15) is 9.18 Å². The van der Waals surface area contributed by atoms with E-state index in [-0.39, 0.29) is 5.82 Å². The molecule has 0 aliphatic heterocycles. The van der Waals surface area contributed by atoms with Crippen LogP contribution in [0.4, 0.5) is 10.1 Å². The minimum atomic E-state index is -1.05. The van der Waals surface area contributed by atoms with Crippen LogP contribution < -0.4 is 16.8 Å². The molecule has 5 N–H and O–H groups in total. The molecule has 4 nitrogen and oxygen atoms in total. The Hall–Kier alpha value is -2.40. The van der Waals surface area contributed by atoms with Crippen molar-refractivity contribution in [2.24, 2.45) is 11.5 Å². The summed E-state index contributed by atoms with van der Waals surface area (Å²) in [6, 6.07) is 14.0. The van der Waals surface area contributed by atoms with E-state index < -0.39 is 11.4 Å². The molecule has 116 valence electrons. The second-order valence-corrected chi connectivity index (χ2v) is 5.64. The van der Waals surface area contributed by atoms with E-state index >= 15 is 0 Å². The first-order valence-corrected chi connectivity index (χ1v) is 7.03. The van der Waals surface area contributed by atoms with Gasteiger partial charge in [-0.15, -0.1) is 0 Å². The number of hydrogen-bond donors (Lipinski definition) is 3. The van der Waals surface area contributed by atoms with Crippen LogP contribution in [0.25, 0.3) is 0 Å². The standard InChI is InChI=1S/C17H20FN3O/c1-17(20,16(19)22)10-12-4-8-15(9-5-12)21-11-13-2-6-14(18)7-3-13/h2-9,21H,10-11,20H2,1H3,(H2,19,22). The zero-order chi connectivity index (χ0) is 16.2. The summed E-state index contributed by atoms with van der Waals surface area (Å²) in [4.78, 5) is 11.2. The average Bonchev–Trinajstić information content (AvgIpc) is 2.48. The number of primary amides is 1. The summed E-state index contributed by atoms with van der Waals surface area (Å²) in [5, 5.41) is 3.25. The fourth-order valence-corrected chi connectivity index (χ4v) is 2.06. The second-order valence-electron chi connectivity index (χ2n) is 5.64. The Morgan fingerprint density at radius 3 is 2.18 bits per heavy atom. The Morgan fingerprint density at radius 1 is 1.09 bits per heavy atom. The fourth-order valence-electron chi connectivity index (χ4n) is 2.06. The minimum Gasteiger partial charge on any atom is -0.381 e. The van der Waals surface area contributed by atoms with Gasteiger partial charge in [0, 0.05) is 12.2 Å². The van der Waals surface area contributed by atoms with Crippen molar-refractivity contribution in [2.75, 3.05) is 5.32 Å². The molecule has 0 spiro atoms. The summed E-state index contributed by atoms with van der Waals surface area (Å²) in [5.74, 6) is -0.765. The molecular weight excluding hydrogens is 281 g/mol. The molecule has 2 aromatic carbocycles. The lowest BCUT2D eigenvalue weighted by Crippen LogP contribution is -2.51. The summed E-state index contributed by atoms with van der Waals surface area (Å²) in [6.07, 6.45) is 0.389. The summed E-state index contributed by atoms with van der Waals surface area (Å²) in [6.45, 7) is 2.23. The highest BCUT2D eigenvalue weighted by Crippen LogP contribution is 2.15. The summed E-state index contributed by atoms with van der Waals surface area (Å²) < 4.78 is 12.8. The number of anilines is 1. The summed E-state index contributed by atoms with van der Waals surface area (Å²) in [5.41, 5.74) is 12.9. The van der Waals surface area contributed by atoms with Gasteiger partial charge in [-0.05, 0) is 48.7 Å². The molecular formula is C17H20FN3O. The predicted molar refractivity (Wildman–Crippen MR) is 85.7 cm³/mol. The number of halogens is 1. The zero-order valence-corrected chi connectivity index (χ0v) is 12.5. The molecule has 0 radical (unpaired) electrons. The third-order valence-corrected chi connectivity index (χ3v) is 3.50. The number of carbonyl (C=O) groups excluding carboxylic acids is 1. The van der Waals surface area contributed by atoms with Crippen LogP contribution in [0.15, 0.2) is 48.5 Å². The normalized spacial score (nSPS) is 13.4. The number of hydrogen-bond acceptors (Lipinski definition) is 3. The van der Waals surface area contributed by atoms with Crippen molar-refractivity contribution in [1.82, 2.24) is 0 Å². The van der Waals surface area contributed by atoms with Gasteiger partial charge in [-0.2, -0.15) is 0 Å². The van der Waals surface area contributed by atoms with Crippen molar-refractivity contribution in [3.05, 3.63) is 65.5 Å². The Labute approximate surface area is 129 Å². The Morgan fingerprint density at radius 2 is 1.64 bits per heavy atom. The smallest absolute Gasteiger partial charge is 0.237 e. The number of carbonyl (C=O) groups is 1. The second kappa shape index (κ2) is 6.58. The van der Waals surface area contributed by atoms with Gasteiger partial charge in [0.1, 0.15) is 5.82 Å². The fraction of sp³-hybridized carbons (Fsp3) is 0.235. The van der Waals surface area contributed by atoms with Gasteiger partial charge in [0.15, 0.2) is 0 Å². The highest BCUT2D eigenvalue weighted by molar-refractivity contribution is 5.84. The van der Waals surface area contributed by atoms with E-state index in [0.29, 0.717) is 13.0 Å². The number of rotatable bonds is 6. The highest BCUT2D eigenvalue weighted by Gasteiger charge is 2.25. The molecule has 0 saturated heterocycles. The Kier molecular flexibility index (Phi) is 4.78. The lowest BCUT2D eigenvalue weighted by atomic mass is 9.93. The third-order valence-electron chi connectivity index (χ3n) is 3.50. The van der Waals surface area contributed by atoms with Crippen molar-refractivity contribution >= 4 is 11.6 Å². The number of amides is 1. The first-order chi connectivity index (χ1) is 10.4. The molecule has 5 heteroatoms. The highest BCUT2D eigenvalue weighted by atomic mass is 19.1. The van der Waals surface area contributed by atoms with Gasteiger partial charge in [-0.1, -0.05) is 24.3 Å². The predicted octanol–water partition coefficient (Wildman–Crippen LogP) is 2.18. The first kappa shape index (κ1) is 16.0. The molecule has 0 saturated carbocycles. The monoisotopic (exact) mass is 301 g/mol. The average molecular weight is 301 g/mol. The molecule has 1 unspecified atom stereocenters. The van der Waals surface area contributed by atoms with E-state index in [2.05, 4.69) is 5.32 Å². The van der Waals surface area contributed by atoms with Gasteiger partial charge in [0.25, 0.3) is 0 Å². The topological polar surface area (TPSA) is 81.1 Å². The van der Waals surface area contributed by atoms with Crippen LogP contribution >= 0.6 is 0 Å². The van der Waals surface area contributed by atoms with Crippen molar-refractivity contribution in [3.63, 3.8) is 0 Å². The number of benzene rings is 2. The van der Waals surface area contributed by atoms with E-state index in [1.807, 2.05) is 24.3 Å². The van der Waals surface area contributed by atoms with Gasteiger partial charge < -0.3 is 16.8 Å². The van der Waals surface area contributed by atoms with Crippen LogP contribution in [0, 0.1) is 5.82 Å². The Balaban J connectivity index is 1.94. The number of nitrogens with two attached hydrogens (primary N) is 2. The lowest BCUT2D eigenvalue weighted by molar-refractivity contribution is -0.122. The van der Waals surface area contributed by atoms with Crippen molar-refractivity contribution < 1.29 is 9.18 Å². The summed E-state index contributed by atoms with van der Waals surface area (Å²) >= 11 is 0. The maximum atomic E-state index is 12.8. The largest absolute Gasteiger partial charge is 0.381 e. The van der Waals surface area contributed by atoms with Gasteiger partial charge in [0.2, 0.25) is 5.91 Å². The van der Waals surface area contributed by atoms with Crippen LogP contribution in [0.3, 0.4) is 0 Å². The molecule has 0 fully saturated rings. The maximum Gasteiger partial charge on any atom is 0.237 e. The molecule has 22 heavy (non-hydrogen) atoms. The first-order valence-electron chi connectivity index (χ1n) is 7.03. The van der Waals surface area contributed by atoms with Crippen LogP contribution in [0.1, 0.15) is 18.1 Å². The quantitative estimate of drug-likeness (QED) is 0.765. The molecule has 0 aromatic heterocycles. The van der Waals surface area contributed by atoms with E-state index in [1.54, 1.807) is 19.1 Å². The van der Waals surface area contributed by atoms with E-state index in [0.717, 1.165) is 16.8 Å². The van der Waals surface area contributed by atoms with Crippen molar-refractivity contribution in [1.29, 1.82) is 0 Å². The van der Waals surface area contributed by atoms with Crippen LogP contribution in [-0.4, -0.2) is 11.4 Å². The number of nitrogens with one attached hydrogen (secondary N) is 1. The zero-order valence-electron chi connectivity index (χ0n) is 12.5. The molecule has 0 aliphatic rings. The molecule has 2 rings (SSSR count). The molecule has 0 aliphatic carbocycles. The van der Waals surface area contributed by atoms with Crippen LogP contribution in [0.5, 0.6) is 0 Å². The van der Waals surface area contributed by atoms with Crippen LogP contribution in [-0.2, 0) is 17.8 Å². The van der Waals surface area contributed by atoms with Gasteiger partial charge >= 0.3 is 0 Å². The van der Waals surface area contributed by atoms with Gasteiger partial charge in [-0.3, -0.25) is 4.79 Å². The lowest BCUT2D eigenvalue weighted by Gasteiger charge is -2.20. The van der Waals surface area contributed by atoms with Gasteiger partial charge in [-0.25, -0.2) is 4.39 Å². The van der Waals surface area contributed by atoms with Crippen LogP contribution in [0.2, 0.25) is 0 Å². The Bertz CT molecular complexity index is 636. The van der Waals surface area contributed by atoms with E-state index in [4.69, 9.17) is 11.5 Å². The third kappa shape index (κ3) is 4.30. The van der Waals surface area contributed by atoms with Gasteiger partial charge in [0.05, 0.1) is 5.54 Å². The van der Waals surface area contributed by atoms with Crippen molar-refractivity contribution in [3.8, 4) is 0 Å². The molecule has 0 bridgehead atoms. The molecule has 1 amide bonds.